The summed E-state index contributed by atoms with van der Waals surface area (Å²) in [6, 6.07) is 4.59. The zero-order chi connectivity index (χ0) is 10.8. The van der Waals surface area contributed by atoms with Crippen molar-refractivity contribution < 1.29 is 14.2 Å². The minimum Gasteiger partial charge on any atom is -0.495 e. The lowest BCUT2D eigenvalue weighted by molar-refractivity contribution is 0.116. The lowest BCUT2D eigenvalue weighted by Gasteiger charge is -2.14. The number of aliphatic hydroxyl groups excluding tert-OH is 1. The van der Waals surface area contributed by atoms with Crippen molar-refractivity contribution in [1.29, 1.82) is 0 Å². The Morgan fingerprint density at radius 2 is 2.27 bits per heavy atom. The van der Waals surface area contributed by atoms with Gasteiger partial charge in [0, 0.05) is 16.5 Å². The Bertz CT molecular complexity index is 383. The number of aliphatic hydroxyl groups is 1. The van der Waals surface area contributed by atoms with Gasteiger partial charge in [0.15, 0.2) is 0 Å². The molecule has 15 heavy (non-hydrogen) atoms. The smallest absolute Gasteiger partial charge is 0.140 e. The van der Waals surface area contributed by atoms with Gasteiger partial charge in [-0.05, 0) is 18.2 Å². The molecule has 0 amide bonds. The summed E-state index contributed by atoms with van der Waals surface area (Å²) in [7, 11) is 0. The molecule has 0 aromatic heterocycles. The van der Waals surface area contributed by atoms with Crippen LogP contribution in [-0.4, -0.2) is 11.7 Å². The molecule has 1 aromatic carbocycles. The van der Waals surface area contributed by atoms with Gasteiger partial charge < -0.3 is 9.84 Å². The Labute approximate surface area is 95.5 Å². The summed E-state index contributed by atoms with van der Waals surface area (Å²) in [5, 5.41) is 9.92. The fraction of sp³-hybridized carbons (Fsp3) is 0.273. The summed E-state index contributed by atoms with van der Waals surface area (Å²) in [4.78, 5) is 0. The van der Waals surface area contributed by atoms with E-state index in [-0.39, 0.29) is 5.56 Å². The molecule has 1 aromatic rings. The molecule has 1 atom stereocenters. The summed E-state index contributed by atoms with van der Waals surface area (Å²) in [5.41, 5.74) is 0.227. The fourth-order valence-electron chi connectivity index (χ4n) is 1.54. The zero-order valence-electron chi connectivity index (χ0n) is 7.91. The predicted octanol–water partition coefficient (Wildman–Crippen LogP) is 2.93. The Morgan fingerprint density at radius 3 is 2.87 bits per heavy atom. The van der Waals surface area contributed by atoms with E-state index >= 15 is 0 Å². The van der Waals surface area contributed by atoms with Crippen LogP contribution in [0.1, 0.15) is 18.1 Å². The van der Waals surface area contributed by atoms with Gasteiger partial charge in [0.05, 0.1) is 6.61 Å². The van der Waals surface area contributed by atoms with Crippen molar-refractivity contribution in [3.8, 4) is 0 Å². The van der Waals surface area contributed by atoms with Crippen molar-refractivity contribution in [3.63, 3.8) is 0 Å². The Hall–Kier alpha value is -0.870. The van der Waals surface area contributed by atoms with Gasteiger partial charge in [-0.2, -0.15) is 0 Å². The maximum atomic E-state index is 13.5. The molecule has 0 fully saturated rings. The molecule has 0 aliphatic carbocycles. The van der Waals surface area contributed by atoms with Crippen LogP contribution in [0.3, 0.4) is 0 Å². The van der Waals surface area contributed by atoms with Gasteiger partial charge in [-0.1, -0.05) is 22.0 Å². The number of ether oxygens (including phenoxy) is 1. The van der Waals surface area contributed by atoms with Gasteiger partial charge in [-0.15, -0.1) is 0 Å². The third kappa shape index (κ3) is 2.06. The molecule has 0 bridgehead atoms. The average molecular weight is 273 g/mol. The lowest BCUT2D eigenvalue weighted by atomic mass is 10.1. The van der Waals surface area contributed by atoms with Gasteiger partial charge in [-0.3, -0.25) is 0 Å². The molecule has 0 saturated carbocycles. The van der Waals surface area contributed by atoms with Crippen LogP contribution < -0.4 is 0 Å². The number of rotatable bonds is 2. The fourth-order valence-corrected chi connectivity index (χ4v) is 2.10. The summed E-state index contributed by atoms with van der Waals surface area (Å²) in [6.45, 7) is 0.554. The highest BCUT2D eigenvalue weighted by Crippen LogP contribution is 2.32. The van der Waals surface area contributed by atoms with E-state index in [0.29, 0.717) is 16.8 Å². The first-order valence-corrected chi connectivity index (χ1v) is 5.44. The van der Waals surface area contributed by atoms with Crippen LogP contribution in [0.4, 0.5) is 4.39 Å². The second kappa shape index (κ2) is 4.33. The van der Waals surface area contributed by atoms with Crippen molar-refractivity contribution in [2.24, 2.45) is 0 Å². The Morgan fingerprint density at radius 1 is 1.47 bits per heavy atom. The van der Waals surface area contributed by atoms with Crippen LogP contribution in [0.5, 0.6) is 0 Å². The molecule has 1 aliphatic heterocycles. The first-order chi connectivity index (χ1) is 7.20. The molecule has 1 N–H and O–H groups in total. The molecule has 80 valence electrons. The van der Waals surface area contributed by atoms with Crippen LogP contribution in [-0.2, 0) is 4.74 Å². The Kier molecular flexibility index (Phi) is 3.07. The highest BCUT2D eigenvalue weighted by atomic mass is 79.9. The molecule has 0 spiro atoms. The summed E-state index contributed by atoms with van der Waals surface area (Å²) in [6.07, 6.45) is 1.52. The van der Waals surface area contributed by atoms with Gasteiger partial charge in [-0.25, -0.2) is 4.39 Å². The van der Waals surface area contributed by atoms with E-state index in [1.54, 1.807) is 18.2 Å². The topological polar surface area (TPSA) is 29.5 Å². The van der Waals surface area contributed by atoms with Crippen LogP contribution in [0.25, 0.3) is 0 Å². The molecule has 2 rings (SSSR count). The van der Waals surface area contributed by atoms with Crippen LogP contribution in [0, 0.1) is 5.82 Å². The van der Waals surface area contributed by atoms with E-state index in [2.05, 4.69) is 15.9 Å². The van der Waals surface area contributed by atoms with E-state index in [0.717, 1.165) is 6.42 Å². The van der Waals surface area contributed by atoms with E-state index in [4.69, 9.17) is 4.74 Å². The molecule has 0 saturated heterocycles. The quantitative estimate of drug-likeness (QED) is 0.897. The first kappa shape index (κ1) is 10.6. The van der Waals surface area contributed by atoms with E-state index in [1.807, 2.05) is 0 Å². The minimum atomic E-state index is -1.02. The second-order valence-corrected chi connectivity index (χ2v) is 4.14. The highest BCUT2D eigenvalue weighted by Gasteiger charge is 2.23. The van der Waals surface area contributed by atoms with Crippen molar-refractivity contribution in [3.05, 3.63) is 45.9 Å². The van der Waals surface area contributed by atoms with Crippen molar-refractivity contribution in [2.45, 2.75) is 12.5 Å². The largest absolute Gasteiger partial charge is 0.495 e. The third-order valence-corrected chi connectivity index (χ3v) is 2.97. The van der Waals surface area contributed by atoms with E-state index in [9.17, 15) is 9.50 Å². The molecule has 4 heteroatoms. The maximum Gasteiger partial charge on any atom is 0.140 e. The van der Waals surface area contributed by atoms with E-state index in [1.165, 1.54) is 6.07 Å². The summed E-state index contributed by atoms with van der Waals surface area (Å²) < 4.78 is 19.2. The van der Waals surface area contributed by atoms with Gasteiger partial charge in [0.25, 0.3) is 0 Å². The predicted molar refractivity (Wildman–Crippen MR) is 57.7 cm³/mol. The molecule has 1 aliphatic rings. The number of hydrogen-bond donors (Lipinski definition) is 1. The van der Waals surface area contributed by atoms with Gasteiger partial charge in [0.1, 0.15) is 17.7 Å². The zero-order valence-corrected chi connectivity index (χ0v) is 9.50. The molecular weight excluding hydrogens is 263 g/mol. The van der Waals surface area contributed by atoms with Crippen LogP contribution in [0.15, 0.2) is 34.5 Å². The number of benzene rings is 1. The van der Waals surface area contributed by atoms with Gasteiger partial charge in [0.2, 0.25) is 0 Å². The van der Waals surface area contributed by atoms with Crippen LogP contribution in [0.2, 0.25) is 0 Å². The second-order valence-electron chi connectivity index (χ2n) is 3.28. The number of halogens is 2. The molecule has 0 radical (unpaired) electrons. The normalized spacial score (nSPS) is 17.1. The summed E-state index contributed by atoms with van der Waals surface area (Å²) >= 11 is 3.21. The summed E-state index contributed by atoms with van der Waals surface area (Å²) in [5.74, 6) is -0.00549. The monoisotopic (exact) mass is 272 g/mol. The molecule has 1 unspecified atom stereocenters. The minimum absolute atomic E-state index is 0.227. The standard InChI is InChI=1S/C11H10BrFO2/c12-7-3-1-4-8(13)10(7)11(14)9-5-2-6-15-9/h1,3-5,11,14H,2,6H2. The van der Waals surface area contributed by atoms with Crippen LogP contribution >= 0.6 is 15.9 Å². The Balaban J connectivity index is 2.36. The molecule has 1 heterocycles. The highest BCUT2D eigenvalue weighted by molar-refractivity contribution is 9.10. The SMILES string of the molecule is OC(C1=CCCO1)c1c(F)cccc1Br. The first-order valence-electron chi connectivity index (χ1n) is 4.65. The van der Waals surface area contributed by atoms with Gasteiger partial charge >= 0.3 is 0 Å². The van der Waals surface area contributed by atoms with Crippen molar-refractivity contribution in [2.75, 3.05) is 6.61 Å². The van der Waals surface area contributed by atoms with Crippen molar-refractivity contribution >= 4 is 15.9 Å². The molecule has 2 nitrogen and oxygen atoms in total. The van der Waals surface area contributed by atoms with E-state index < -0.39 is 11.9 Å². The lowest BCUT2D eigenvalue weighted by Crippen LogP contribution is -2.05. The third-order valence-electron chi connectivity index (χ3n) is 2.27. The van der Waals surface area contributed by atoms with Crippen molar-refractivity contribution in [1.82, 2.24) is 0 Å². The average Bonchev–Trinajstić information content (AvgIpc) is 2.69. The maximum absolute atomic E-state index is 13.5. The molecular formula is C11H10BrFO2. The number of hydrogen-bond acceptors (Lipinski definition) is 2.